The summed E-state index contributed by atoms with van der Waals surface area (Å²) < 4.78 is 6.58. The Bertz CT molecular complexity index is 1370. The van der Waals surface area contributed by atoms with Crippen molar-refractivity contribution < 1.29 is 19.1 Å². The molecule has 1 N–H and O–H groups in total. The molecule has 4 aliphatic heterocycles. The van der Waals surface area contributed by atoms with Crippen molar-refractivity contribution in [1.29, 1.82) is 5.26 Å². The molecule has 2 aliphatic carbocycles. The Balaban J connectivity index is 1.03. The van der Waals surface area contributed by atoms with Crippen LogP contribution in [-0.4, -0.2) is 58.3 Å². The third-order valence-corrected chi connectivity index (χ3v) is 9.44. The van der Waals surface area contributed by atoms with Crippen molar-refractivity contribution >= 4 is 17.7 Å². The van der Waals surface area contributed by atoms with E-state index in [2.05, 4.69) is 28.4 Å². The monoisotopic (exact) mass is 510 g/mol. The van der Waals surface area contributed by atoms with Crippen LogP contribution in [0.2, 0.25) is 0 Å². The molecule has 2 saturated carbocycles. The van der Waals surface area contributed by atoms with Crippen molar-refractivity contribution in [3.05, 3.63) is 64.7 Å². The van der Waals surface area contributed by atoms with Crippen molar-refractivity contribution in [3.63, 3.8) is 0 Å². The highest BCUT2D eigenvalue weighted by molar-refractivity contribution is 6.10. The van der Waals surface area contributed by atoms with Gasteiger partial charge in [-0.1, -0.05) is 18.6 Å². The summed E-state index contributed by atoms with van der Waals surface area (Å²) in [5.74, 6) is 0.376. The summed E-state index contributed by atoms with van der Waals surface area (Å²) in [7, 11) is 0. The van der Waals surface area contributed by atoms with E-state index >= 15 is 0 Å². The summed E-state index contributed by atoms with van der Waals surface area (Å²) in [6.07, 6.45) is 5.39. The Morgan fingerprint density at radius 2 is 1.74 bits per heavy atom. The molecule has 0 radical (unpaired) electrons. The normalized spacial score (nSPS) is 30.7. The number of carbonyl (C=O) groups is 3. The van der Waals surface area contributed by atoms with E-state index in [1.165, 1.54) is 12.0 Å². The van der Waals surface area contributed by atoms with Gasteiger partial charge in [-0.2, -0.15) is 5.26 Å². The van der Waals surface area contributed by atoms with E-state index in [0.29, 0.717) is 42.5 Å². The molecule has 3 amide bonds. The van der Waals surface area contributed by atoms with Crippen LogP contribution in [0.5, 0.6) is 5.75 Å². The zero-order chi connectivity index (χ0) is 26.0. The van der Waals surface area contributed by atoms with E-state index in [1.54, 1.807) is 4.90 Å². The third-order valence-electron chi connectivity index (χ3n) is 9.44. The number of ether oxygens (including phenoxy) is 1. The van der Waals surface area contributed by atoms with Crippen molar-refractivity contribution in [3.8, 4) is 11.8 Å². The minimum absolute atomic E-state index is 0.0954. The Morgan fingerprint density at radius 3 is 2.47 bits per heavy atom. The molecule has 6 aliphatic rings. The lowest BCUT2D eigenvalue weighted by Gasteiger charge is -2.53. The van der Waals surface area contributed by atoms with Gasteiger partial charge < -0.3 is 9.64 Å². The predicted molar refractivity (Wildman–Crippen MR) is 137 cm³/mol. The highest BCUT2D eigenvalue weighted by Crippen LogP contribution is 2.49. The van der Waals surface area contributed by atoms with Gasteiger partial charge in [0.25, 0.3) is 11.8 Å². The first-order chi connectivity index (χ1) is 18.4. The second kappa shape index (κ2) is 8.67. The summed E-state index contributed by atoms with van der Waals surface area (Å²) in [5.41, 5.74) is 2.58. The number of likely N-dealkylation sites (tertiary alicyclic amines) is 1. The molecule has 0 aromatic heterocycles. The average Bonchev–Trinajstić information content (AvgIpc) is 3.19. The molecule has 2 atom stereocenters. The van der Waals surface area contributed by atoms with Crippen molar-refractivity contribution in [2.24, 2.45) is 5.92 Å². The van der Waals surface area contributed by atoms with Gasteiger partial charge in [0, 0.05) is 43.1 Å². The van der Waals surface area contributed by atoms with Crippen LogP contribution in [0.25, 0.3) is 0 Å². The van der Waals surface area contributed by atoms with Gasteiger partial charge in [0.05, 0.1) is 11.6 Å². The SMILES string of the molecule is N#Cc1ccc(C2CN([C@H]3CCCCC3Oc3ccc4c(c3)CN(C35CC(C3)C(=O)NC5=O)C4=O)C2)cc1. The number of amides is 3. The van der Waals surface area contributed by atoms with Crippen LogP contribution in [0.4, 0.5) is 0 Å². The standard InChI is InChI=1S/C30H30N4O4/c31-14-18-5-7-19(8-6-18)22-15-33(16-22)25-3-1-2-4-26(25)38-23-9-10-24-20(11-23)17-34(28(24)36)30-12-21(13-30)27(35)32-29(30)37/h5-11,21-22,25-26H,1-4,12-13,15-17H2,(H,32,35,37)/t21?,25-,26?,30?/m0/s1. The second-order valence-electron chi connectivity index (χ2n) is 11.6. The molecule has 3 saturated heterocycles. The fraction of sp³-hybridized carbons (Fsp3) is 0.467. The zero-order valence-electron chi connectivity index (χ0n) is 21.2. The summed E-state index contributed by atoms with van der Waals surface area (Å²) >= 11 is 0. The number of nitriles is 1. The minimum atomic E-state index is -0.896. The molecule has 5 fully saturated rings. The average molecular weight is 511 g/mol. The van der Waals surface area contributed by atoms with Crippen molar-refractivity contribution in [1.82, 2.24) is 15.1 Å². The summed E-state index contributed by atoms with van der Waals surface area (Å²) in [6, 6.07) is 16.2. The molecule has 194 valence electrons. The molecule has 1 unspecified atom stereocenters. The lowest BCUT2D eigenvalue weighted by molar-refractivity contribution is -0.160. The number of nitrogens with one attached hydrogen (secondary N) is 1. The molecular weight excluding hydrogens is 480 g/mol. The topological polar surface area (TPSA) is 103 Å². The largest absolute Gasteiger partial charge is 0.489 e. The van der Waals surface area contributed by atoms with E-state index in [0.717, 1.165) is 43.7 Å². The Morgan fingerprint density at radius 1 is 0.974 bits per heavy atom. The molecule has 0 spiro atoms. The molecular formula is C30H30N4O4. The quantitative estimate of drug-likeness (QED) is 0.620. The lowest BCUT2D eigenvalue weighted by atomic mass is 9.63. The molecule has 8 rings (SSSR count). The minimum Gasteiger partial charge on any atom is -0.489 e. The van der Waals surface area contributed by atoms with Crippen LogP contribution in [0.1, 0.15) is 71.5 Å². The van der Waals surface area contributed by atoms with Gasteiger partial charge in [-0.15, -0.1) is 0 Å². The number of fused-ring (bicyclic) bond motifs is 3. The first kappa shape index (κ1) is 23.4. The molecule has 2 bridgehead atoms. The highest BCUT2D eigenvalue weighted by atomic mass is 16.5. The first-order valence-corrected chi connectivity index (χ1v) is 13.7. The van der Waals surface area contributed by atoms with E-state index < -0.39 is 5.54 Å². The number of imide groups is 1. The molecule has 2 aromatic rings. The summed E-state index contributed by atoms with van der Waals surface area (Å²) in [5, 5.41) is 11.5. The van der Waals surface area contributed by atoms with Crippen LogP contribution in [0, 0.1) is 17.2 Å². The fourth-order valence-corrected chi connectivity index (χ4v) is 7.15. The number of hydrogen-bond acceptors (Lipinski definition) is 6. The number of piperidine rings is 2. The van der Waals surface area contributed by atoms with Gasteiger partial charge >= 0.3 is 0 Å². The van der Waals surface area contributed by atoms with E-state index in [9.17, 15) is 14.4 Å². The van der Waals surface area contributed by atoms with Gasteiger partial charge in [0.15, 0.2) is 0 Å². The maximum atomic E-state index is 13.2. The maximum Gasteiger partial charge on any atom is 0.255 e. The van der Waals surface area contributed by atoms with Crippen molar-refractivity contribution in [2.75, 3.05) is 13.1 Å². The van der Waals surface area contributed by atoms with Crippen LogP contribution < -0.4 is 10.1 Å². The number of carbonyl (C=O) groups excluding carboxylic acids is 3. The lowest BCUT2D eigenvalue weighted by Crippen LogP contribution is -2.73. The smallest absolute Gasteiger partial charge is 0.255 e. The molecule has 2 aromatic carbocycles. The summed E-state index contributed by atoms with van der Waals surface area (Å²) in [6.45, 7) is 2.36. The van der Waals surface area contributed by atoms with Crippen LogP contribution in [-0.2, 0) is 16.1 Å². The summed E-state index contributed by atoms with van der Waals surface area (Å²) in [4.78, 5) is 42.0. The van der Waals surface area contributed by atoms with Gasteiger partial charge in [-0.05, 0) is 73.6 Å². The number of rotatable bonds is 5. The number of hydrogen-bond donors (Lipinski definition) is 1. The number of benzene rings is 2. The fourth-order valence-electron chi connectivity index (χ4n) is 7.15. The second-order valence-corrected chi connectivity index (χ2v) is 11.6. The first-order valence-electron chi connectivity index (χ1n) is 13.7. The Labute approximate surface area is 221 Å². The van der Waals surface area contributed by atoms with Crippen LogP contribution in [0.3, 0.4) is 0 Å². The van der Waals surface area contributed by atoms with Crippen LogP contribution in [0.15, 0.2) is 42.5 Å². The Hall–Kier alpha value is -3.70. The predicted octanol–water partition coefficient (Wildman–Crippen LogP) is 3.11. The van der Waals surface area contributed by atoms with Gasteiger partial charge in [0.2, 0.25) is 5.91 Å². The number of nitrogens with zero attached hydrogens (tertiary/aromatic N) is 3. The third kappa shape index (κ3) is 3.56. The molecule has 38 heavy (non-hydrogen) atoms. The van der Waals surface area contributed by atoms with Crippen molar-refractivity contribution in [2.45, 2.75) is 68.7 Å². The van der Waals surface area contributed by atoms with E-state index in [4.69, 9.17) is 10.00 Å². The van der Waals surface area contributed by atoms with E-state index in [-0.39, 0.29) is 29.7 Å². The van der Waals surface area contributed by atoms with E-state index in [1.807, 2.05) is 30.3 Å². The van der Waals surface area contributed by atoms with Crippen LogP contribution >= 0.6 is 0 Å². The highest BCUT2D eigenvalue weighted by Gasteiger charge is 2.63. The molecule has 8 nitrogen and oxygen atoms in total. The Kier molecular flexibility index (Phi) is 5.34. The zero-order valence-corrected chi connectivity index (χ0v) is 21.2. The van der Waals surface area contributed by atoms with Gasteiger partial charge in [0.1, 0.15) is 17.4 Å². The molecule has 8 heteroatoms. The maximum absolute atomic E-state index is 13.2. The van der Waals surface area contributed by atoms with Gasteiger partial charge in [-0.3, -0.25) is 24.6 Å². The molecule has 4 heterocycles. The van der Waals surface area contributed by atoms with Gasteiger partial charge in [-0.25, -0.2) is 0 Å².